The number of hydrogen-bond acceptors (Lipinski definition) is 2. The maximum absolute atomic E-state index is 11.6. The summed E-state index contributed by atoms with van der Waals surface area (Å²) in [7, 11) is -2.74. The van der Waals surface area contributed by atoms with E-state index in [2.05, 4.69) is 119 Å². The van der Waals surface area contributed by atoms with Crippen LogP contribution in [0.15, 0.2) is 109 Å². The van der Waals surface area contributed by atoms with E-state index in [4.69, 9.17) is 4.43 Å². The van der Waals surface area contributed by atoms with Crippen LogP contribution in [0.1, 0.15) is 69.0 Å². The van der Waals surface area contributed by atoms with Gasteiger partial charge in [-0.05, 0) is 46.3 Å². The standard InChI is InChI=1S/C32H38O2Si/c1-5-6-7-8-9-16-24-31(28-19-17-18-27(25-28)26-33)34-35(32(2,3)4,29-20-12-10-13-21-29)30-22-14-11-15-23-30/h6-7,9-23,25-26,31H,5,8,24H2,1-4H3/b7-6-,16-9-. The maximum Gasteiger partial charge on any atom is 0.261 e. The molecule has 0 aliphatic rings. The van der Waals surface area contributed by atoms with Gasteiger partial charge >= 0.3 is 0 Å². The van der Waals surface area contributed by atoms with Crippen LogP contribution < -0.4 is 10.4 Å². The molecule has 3 rings (SSSR count). The van der Waals surface area contributed by atoms with Crippen LogP contribution in [-0.4, -0.2) is 14.6 Å². The predicted octanol–water partition coefficient (Wildman–Crippen LogP) is 7.42. The number of carbonyl (C=O) groups is 1. The zero-order valence-corrected chi connectivity index (χ0v) is 22.5. The lowest BCUT2D eigenvalue weighted by Crippen LogP contribution is -2.66. The van der Waals surface area contributed by atoms with Gasteiger partial charge in [-0.15, -0.1) is 0 Å². The molecule has 0 amide bonds. The smallest absolute Gasteiger partial charge is 0.261 e. The van der Waals surface area contributed by atoms with Crippen molar-refractivity contribution in [3.05, 3.63) is 120 Å². The summed E-state index contributed by atoms with van der Waals surface area (Å²) in [5.74, 6) is 0. The third kappa shape index (κ3) is 6.56. The second kappa shape index (κ2) is 12.6. The van der Waals surface area contributed by atoms with Crippen LogP contribution in [0.25, 0.3) is 0 Å². The fourth-order valence-electron chi connectivity index (χ4n) is 4.65. The summed E-state index contributed by atoms with van der Waals surface area (Å²) >= 11 is 0. The van der Waals surface area contributed by atoms with E-state index < -0.39 is 8.32 Å². The monoisotopic (exact) mass is 482 g/mol. The van der Waals surface area contributed by atoms with Crippen LogP contribution in [0.4, 0.5) is 0 Å². The quantitative estimate of drug-likeness (QED) is 0.161. The molecular formula is C32H38O2Si. The van der Waals surface area contributed by atoms with Crippen molar-refractivity contribution in [3.8, 4) is 0 Å². The molecule has 0 fully saturated rings. The van der Waals surface area contributed by atoms with Gasteiger partial charge < -0.3 is 4.43 Å². The molecule has 3 aromatic carbocycles. The molecule has 0 aliphatic heterocycles. The highest BCUT2D eigenvalue weighted by atomic mass is 28.4. The third-order valence-corrected chi connectivity index (χ3v) is 11.4. The van der Waals surface area contributed by atoms with Crippen molar-refractivity contribution >= 4 is 25.0 Å². The largest absolute Gasteiger partial charge is 0.400 e. The van der Waals surface area contributed by atoms with Gasteiger partial charge in [0, 0.05) is 5.56 Å². The fraction of sp³-hybridized carbons (Fsp3) is 0.281. The van der Waals surface area contributed by atoms with Crippen LogP contribution in [0, 0.1) is 0 Å². The molecule has 35 heavy (non-hydrogen) atoms. The van der Waals surface area contributed by atoms with Gasteiger partial charge in [-0.1, -0.05) is 131 Å². The Bertz CT molecular complexity index is 1070. The van der Waals surface area contributed by atoms with Crippen molar-refractivity contribution in [2.75, 3.05) is 0 Å². The van der Waals surface area contributed by atoms with Crippen LogP contribution in [0.2, 0.25) is 5.04 Å². The molecule has 0 spiro atoms. The Hall–Kier alpha value is -3.01. The van der Waals surface area contributed by atoms with Crippen molar-refractivity contribution in [1.82, 2.24) is 0 Å². The Morgan fingerprint density at radius 2 is 1.40 bits per heavy atom. The number of allylic oxidation sites excluding steroid dienone is 3. The van der Waals surface area contributed by atoms with E-state index >= 15 is 0 Å². The molecule has 1 unspecified atom stereocenters. The van der Waals surface area contributed by atoms with Crippen LogP contribution in [0.3, 0.4) is 0 Å². The number of benzene rings is 3. The van der Waals surface area contributed by atoms with Crippen molar-refractivity contribution in [2.45, 2.75) is 58.1 Å². The van der Waals surface area contributed by atoms with E-state index in [1.165, 1.54) is 10.4 Å². The van der Waals surface area contributed by atoms with Gasteiger partial charge in [0.2, 0.25) is 0 Å². The molecule has 3 heteroatoms. The molecule has 0 radical (unpaired) electrons. The molecule has 0 aromatic heterocycles. The summed E-state index contributed by atoms with van der Waals surface area (Å²) in [6, 6.07) is 29.3. The molecule has 0 bridgehead atoms. The average molecular weight is 483 g/mol. The van der Waals surface area contributed by atoms with Gasteiger partial charge in [0.1, 0.15) is 6.29 Å². The van der Waals surface area contributed by atoms with Crippen molar-refractivity contribution in [1.29, 1.82) is 0 Å². The second-order valence-corrected chi connectivity index (χ2v) is 14.1. The van der Waals surface area contributed by atoms with Gasteiger partial charge in [-0.25, -0.2) is 0 Å². The second-order valence-electron chi connectivity index (χ2n) is 9.88. The van der Waals surface area contributed by atoms with E-state index in [1.807, 2.05) is 18.2 Å². The Morgan fingerprint density at radius 3 is 1.94 bits per heavy atom. The zero-order valence-electron chi connectivity index (χ0n) is 21.5. The van der Waals surface area contributed by atoms with Crippen molar-refractivity contribution in [3.63, 3.8) is 0 Å². The van der Waals surface area contributed by atoms with Gasteiger partial charge in [-0.3, -0.25) is 4.79 Å². The molecule has 0 N–H and O–H groups in total. The fourth-order valence-corrected chi connectivity index (χ4v) is 9.32. The Morgan fingerprint density at radius 1 is 0.800 bits per heavy atom. The number of rotatable bonds is 11. The van der Waals surface area contributed by atoms with Crippen molar-refractivity contribution < 1.29 is 9.22 Å². The summed E-state index contributed by atoms with van der Waals surface area (Å²) in [6.07, 6.45) is 12.2. The highest BCUT2D eigenvalue weighted by molar-refractivity contribution is 6.99. The third-order valence-electron chi connectivity index (χ3n) is 6.35. The van der Waals surface area contributed by atoms with Gasteiger partial charge in [0.25, 0.3) is 8.32 Å². The normalized spacial score (nSPS) is 13.4. The highest BCUT2D eigenvalue weighted by Crippen LogP contribution is 2.40. The van der Waals surface area contributed by atoms with E-state index in [0.717, 1.165) is 31.1 Å². The van der Waals surface area contributed by atoms with E-state index in [-0.39, 0.29) is 11.1 Å². The maximum atomic E-state index is 11.6. The lowest BCUT2D eigenvalue weighted by atomic mass is 10.0. The molecule has 2 nitrogen and oxygen atoms in total. The lowest BCUT2D eigenvalue weighted by Gasteiger charge is -2.45. The van der Waals surface area contributed by atoms with Gasteiger partial charge in [-0.2, -0.15) is 0 Å². The van der Waals surface area contributed by atoms with Crippen LogP contribution in [-0.2, 0) is 4.43 Å². The molecule has 0 heterocycles. The average Bonchev–Trinajstić information content (AvgIpc) is 2.88. The van der Waals surface area contributed by atoms with Crippen LogP contribution in [0.5, 0.6) is 0 Å². The first-order valence-electron chi connectivity index (χ1n) is 12.6. The van der Waals surface area contributed by atoms with E-state index in [1.54, 1.807) is 0 Å². The van der Waals surface area contributed by atoms with Gasteiger partial charge in [0.05, 0.1) is 6.10 Å². The molecule has 1 atom stereocenters. The number of carbonyl (C=O) groups excluding carboxylic acids is 1. The summed E-state index contributed by atoms with van der Waals surface area (Å²) < 4.78 is 7.44. The molecular weight excluding hydrogens is 444 g/mol. The minimum Gasteiger partial charge on any atom is -0.400 e. The Labute approximate surface area is 212 Å². The molecule has 0 aliphatic carbocycles. The van der Waals surface area contributed by atoms with Crippen LogP contribution >= 0.6 is 0 Å². The SMILES string of the molecule is CC/C=C\C/C=C\CC(O[Si](c1ccccc1)(c1ccccc1)C(C)(C)C)c1cccc(C=O)c1. The summed E-state index contributed by atoms with van der Waals surface area (Å²) in [6.45, 7) is 9.03. The molecule has 0 saturated carbocycles. The lowest BCUT2D eigenvalue weighted by molar-refractivity contribution is 0.112. The number of hydrogen-bond donors (Lipinski definition) is 0. The minimum atomic E-state index is -2.74. The van der Waals surface area contributed by atoms with Crippen molar-refractivity contribution in [2.24, 2.45) is 0 Å². The minimum absolute atomic E-state index is 0.121. The predicted molar refractivity (Wildman–Crippen MR) is 151 cm³/mol. The summed E-state index contributed by atoms with van der Waals surface area (Å²) in [4.78, 5) is 11.6. The first-order valence-corrected chi connectivity index (χ1v) is 14.5. The summed E-state index contributed by atoms with van der Waals surface area (Å²) in [5.41, 5.74) is 1.71. The van der Waals surface area contributed by atoms with E-state index in [9.17, 15) is 4.79 Å². The Balaban J connectivity index is 2.13. The molecule has 3 aromatic rings. The zero-order chi connectivity index (χ0) is 25.2. The molecule has 0 saturated heterocycles. The first-order chi connectivity index (χ1) is 16.9. The van der Waals surface area contributed by atoms with E-state index in [0.29, 0.717) is 5.56 Å². The molecule has 182 valence electrons. The Kier molecular flexibility index (Phi) is 9.59. The van der Waals surface area contributed by atoms with Gasteiger partial charge in [0.15, 0.2) is 0 Å². The highest BCUT2D eigenvalue weighted by Gasteiger charge is 2.51. The summed E-state index contributed by atoms with van der Waals surface area (Å²) in [5, 5.41) is 2.39. The topological polar surface area (TPSA) is 26.3 Å². The number of aldehydes is 1. The first kappa shape index (κ1) is 26.6.